The third-order valence-corrected chi connectivity index (χ3v) is 5.66. The Kier molecular flexibility index (Phi) is 4.07. The number of alkyl halides is 1. The van der Waals surface area contributed by atoms with Crippen molar-refractivity contribution in [3.05, 3.63) is 34.4 Å². The molecular formula is C16H20ClNO3. The average molecular weight is 310 g/mol. The first-order valence-corrected chi connectivity index (χ1v) is 8.11. The van der Waals surface area contributed by atoms with E-state index in [-0.39, 0.29) is 22.6 Å². The second-order valence-corrected chi connectivity index (χ2v) is 6.73. The van der Waals surface area contributed by atoms with Crippen LogP contribution in [0.2, 0.25) is 0 Å². The normalized spacial score (nSPS) is 27.7. The maximum Gasteiger partial charge on any atom is 0.269 e. The Bertz CT molecular complexity index is 509. The van der Waals surface area contributed by atoms with E-state index in [0.717, 1.165) is 19.3 Å². The molecule has 1 aromatic rings. The Balaban J connectivity index is 1.70. The monoisotopic (exact) mass is 309 g/mol. The zero-order chi connectivity index (χ0) is 14.9. The summed E-state index contributed by atoms with van der Waals surface area (Å²) in [6, 6.07) is 6.35. The molecule has 2 unspecified atom stereocenters. The molecule has 1 spiro atoms. The van der Waals surface area contributed by atoms with Crippen LogP contribution in [0, 0.1) is 15.5 Å². The zero-order valence-corrected chi connectivity index (χ0v) is 12.7. The number of benzene rings is 1. The van der Waals surface area contributed by atoms with E-state index in [9.17, 15) is 10.1 Å². The summed E-state index contributed by atoms with van der Waals surface area (Å²) in [5, 5.41) is 10.9. The van der Waals surface area contributed by atoms with Gasteiger partial charge in [0.25, 0.3) is 5.69 Å². The van der Waals surface area contributed by atoms with Gasteiger partial charge >= 0.3 is 0 Å². The second-order valence-electron chi connectivity index (χ2n) is 6.21. The molecule has 0 N–H and O–H groups in total. The minimum atomic E-state index is -0.394. The molecule has 2 atom stereocenters. The number of nitro benzene ring substituents is 1. The van der Waals surface area contributed by atoms with Gasteiger partial charge in [0.15, 0.2) is 0 Å². The van der Waals surface area contributed by atoms with Gasteiger partial charge in [-0.2, -0.15) is 0 Å². The van der Waals surface area contributed by atoms with Crippen molar-refractivity contribution < 1.29 is 9.66 Å². The van der Waals surface area contributed by atoms with Gasteiger partial charge in [0.05, 0.1) is 4.92 Å². The molecule has 3 rings (SSSR count). The fraction of sp³-hybridized carbons (Fsp3) is 0.625. The molecule has 4 nitrogen and oxygen atoms in total. The van der Waals surface area contributed by atoms with E-state index in [1.165, 1.54) is 37.8 Å². The summed E-state index contributed by atoms with van der Waals surface area (Å²) >= 11 is 6.52. The van der Waals surface area contributed by atoms with Gasteiger partial charge in [0.2, 0.25) is 0 Å². The van der Waals surface area contributed by atoms with Crippen LogP contribution in [0.4, 0.5) is 5.69 Å². The second kappa shape index (κ2) is 5.84. The lowest BCUT2D eigenvalue weighted by molar-refractivity contribution is -0.384. The number of hydrogen-bond acceptors (Lipinski definition) is 3. The van der Waals surface area contributed by atoms with Crippen LogP contribution in [-0.4, -0.2) is 16.4 Å². The van der Waals surface area contributed by atoms with Gasteiger partial charge < -0.3 is 4.74 Å². The van der Waals surface area contributed by atoms with Gasteiger partial charge in [0, 0.05) is 29.3 Å². The maximum absolute atomic E-state index is 10.7. The molecule has 114 valence electrons. The molecule has 0 radical (unpaired) electrons. The van der Waals surface area contributed by atoms with Crippen molar-refractivity contribution in [2.45, 2.75) is 56.4 Å². The first-order chi connectivity index (χ1) is 10.1. The molecular weight excluding hydrogens is 290 g/mol. The molecule has 0 aliphatic heterocycles. The fourth-order valence-corrected chi connectivity index (χ4v) is 4.22. The number of ether oxygens (including phenoxy) is 1. The van der Waals surface area contributed by atoms with Crippen molar-refractivity contribution in [2.24, 2.45) is 5.41 Å². The molecule has 0 amide bonds. The summed E-state index contributed by atoms with van der Waals surface area (Å²) in [5.41, 5.74) is 0.204. The third kappa shape index (κ3) is 2.73. The molecule has 2 fully saturated rings. The molecule has 0 heterocycles. The van der Waals surface area contributed by atoms with Gasteiger partial charge in [-0.05, 0) is 25.0 Å². The van der Waals surface area contributed by atoms with Gasteiger partial charge in [-0.25, -0.2) is 0 Å². The number of nitrogens with zero attached hydrogens (tertiary/aromatic N) is 1. The smallest absolute Gasteiger partial charge is 0.269 e. The highest BCUT2D eigenvalue weighted by molar-refractivity contribution is 6.21. The van der Waals surface area contributed by atoms with Crippen molar-refractivity contribution in [3.63, 3.8) is 0 Å². The average Bonchev–Trinajstić information content (AvgIpc) is 2.75. The Morgan fingerprint density at radius 3 is 2.29 bits per heavy atom. The molecule has 0 aromatic heterocycles. The van der Waals surface area contributed by atoms with E-state index in [0.29, 0.717) is 5.75 Å². The molecule has 1 aromatic carbocycles. The highest BCUT2D eigenvalue weighted by atomic mass is 35.5. The first kappa shape index (κ1) is 14.6. The fourth-order valence-electron chi connectivity index (χ4n) is 3.70. The SMILES string of the molecule is O=[N+]([O-])c1ccc(OC2CC(Cl)C23CCCCCC3)cc1. The summed E-state index contributed by atoms with van der Waals surface area (Å²) in [5.74, 6) is 0.706. The van der Waals surface area contributed by atoms with Gasteiger partial charge in [-0.1, -0.05) is 25.7 Å². The zero-order valence-electron chi connectivity index (χ0n) is 12.0. The van der Waals surface area contributed by atoms with Gasteiger partial charge in [0.1, 0.15) is 11.9 Å². The molecule has 2 aliphatic carbocycles. The van der Waals surface area contributed by atoms with E-state index in [1.807, 2.05) is 0 Å². The Hall–Kier alpha value is -1.29. The molecule has 5 heteroatoms. The van der Waals surface area contributed by atoms with Crippen molar-refractivity contribution >= 4 is 17.3 Å². The largest absolute Gasteiger partial charge is 0.490 e. The summed E-state index contributed by atoms with van der Waals surface area (Å²) < 4.78 is 6.10. The van der Waals surface area contributed by atoms with E-state index in [1.54, 1.807) is 12.1 Å². The van der Waals surface area contributed by atoms with Crippen LogP contribution < -0.4 is 4.74 Å². The molecule has 21 heavy (non-hydrogen) atoms. The van der Waals surface area contributed by atoms with Crippen molar-refractivity contribution in [2.75, 3.05) is 0 Å². The highest BCUT2D eigenvalue weighted by Gasteiger charge is 2.55. The van der Waals surface area contributed by atoms with Crippen LogP contribution in [0.5, 0.6) is 5.75 Å². The summed E-state index contributed by atoms with van der Waals surface area (Å²) in [6.45, 7) is 0. The minimum Gasteiger partial charge on any atom is -0.490 e. The number of halogens is 1. The van der Waals surface area contributed by atoms with Crippen LogP contribution in [0.1, 0.15) is 44.9 Å². The Labute approximate surface area is 129 Å². The topological polar surface area (TPSA) is 52.4 Å². The Morgan fingerprint density at radius 2 is 1.76 bits per heavy atom. The van der Waals surface area contributed by atoms with Crippen LogP contribution in [0.3, 0.4) is 0 Å². The Morgan fingerprint density at radius 1 is 1.14 bits per heavy atom. The number of rotatable bonds is 3. The number of hydrogen-bond donors (Lipinski definition) is 0. The van der Waals surface area contributed by atoms with E-state index >= 15 is 0 Å². The standard InChI is InChI=1S/C16H20ClNO3/c17-14-11-15(16(14)9-3-1-2-4-10-16)21-13-7-5-12(6-8-13)18(19)20/h5-8,14-15H,1-4,9-11H2. The van der Waals surface area contributed by atoms with Crippen LogP contribution in [-0.2, 0) is 0 Å². The number of nitro groups is 1. The maximum atomic E-state index is 10.7. The van der Waals surface area contributed by atoms with Crippen LogP contribution >= 0.6 is 11.6 Å². The summed E-state index contributed by atoms with van der Waals surface area (Å²) in [4.78, 5) is 10.3. The van der Waals surface area contributed by atoms with E-state index in [4.69, 9.17) is 16.3 Å². The molecule has 2 aliphatic rings. The molecule has 0 bridgehead atoms. The van der Waals surface area contributed by atoms with E-state index in [2.05, 4.69) is 0 Å². The van der Waals surface area contributed by atoms with Crippen molar-refractivity contribution in [1.29, 1.82) is 0 Å². The minimum absolute atomic E-state index is 0.0929. The number of non-ortho nitro benzene ring substituents is 1. The lowest BCUT2D eigenvalue weighted by Gasteiger charge is -2.53. The third-order valence-electron chi connectivity index (χ3n) is 5.05. The van der Waals surface area contributed by atoms with Crippen LogP contribution in [0.15, 0.2) is 24.3 Å². The highest BCUT2D eigenvalue weighted by Crippen LogP contribution is 2.55. The van der Waals surface area contributed by atoms with Gasteiger partial charge in [-0.15, -0.1) is 11.6 Å². The molecule has 2 saturated carbocycles. The predicted molar refractivity (Wildman–Crippen MR) is 81.9 cm³/mol. The summed E-state index contributed by atoms with van der Waals surface area (Å²) in [7, 11) is 0. The first-order valence-electron chi connectivity index (χ1n) is 7.67. The van der Waals surface area contributed by atoms with E-state index < -0.39 is 4.92 Å². The lowest BCUT2D eigenvalue weighted by atomic mass is 9.61. The summed E-state index contributed by atoms with van der Waals surface area (Å²) in [6.07, 6.45) is 8.33. The predicted octanol–water partition coefficient (Wildman–Crippen LogP) is 4.69. The van der Waals surface area contributed by atoms with Crippen LogP contribution in [0.25, 0.3) is 0 Å². The lowest BCUT2D eigenvalue weighted by Crippen LogP contribution is -2.57. The van der Waals surface area contributed by atoms with Crippen molar-refractivity contribution in [1.82, 2.24) is 0 Å². The molecule has 0 saturated heterocycles. The van der Waals surface area contributed by atoms with Crippen molar-refractivity contribution in [3.8, 4) is 5.75 Å². The quantitative estimate of drug-likeness (QED) is 0.462. The van der Waals surface area contributed by atoms with Gasteiger partial charge in [-0.3, -0.25) is 10.1 Å².